The normalized spacial score (nSPS) is 18.8. The summed E-state index contributed by atoms with van der Waals surface area (Å²) in [5.41, 5.74) is 0.130. The largest absolute Gasteiger partial charge is 0.385 e. The van der Waals surface area contributed by atoms with Gasteiger partial charge in [-0.1, -0.05) is 6.07 Å². The van der Waals surface area contributed by atoms with Gasteiger partial charge in [0.05, 0.1) is 11.3 Å². The summed E-state index contributed by atoms with van der Waals surface area (Å²) < 4.78 is 13.6. The first-order valence-electron chi connectivity index (χ1n) is 6.06. The van der Waals surface area contributed by atoms with Crippen molar-refractivity contribution in [2.24, 2.45) is 0 Å². The predicted molar refractivity (Wildman–Crippen MR) is 69.6 cm³/mol. The van der Waals surface area contributed by atoms with E-state index in [1.807, 2.05) is 0 Å². The Balaban J connectivity index is 2.38. The van der Waals surface area contributed by atoms with E-state index in [0.717, 1.165) is 4.90 Å². The molecule has 1 aliphatic heterocycles. The van der Waals surface area contributed by atoms with E-state index in [4.69, 9.17) is 0 Å². The molecular formula is C13H14FN3O3. The van der Waals surface area contributed by atoms with Gasteiger partial charge in [0, 0.05) is 7.05 Å². The van der Waals surface area contributed by atoms with E-state index in [-0.39, 0.29) is 17.8 Å². The second-order valence-electron chi connectivity index (χ2n) is 4.43. The molecule has 0 aliphatic carbocycles. The average Bonchev–Trinajstić information content (AvgIpc) is 2.41. The molecule has 106 valence electrons. The molecule has 7 heteroatoms. The first kappa shape index (κ1) is 14.0. The molecule has 1 aliphatic rings. The summed E-state index contributed by atoms with van der Waals surface area (Å²) in [5, 5.41) is 4.76. The van der Waals surface area contributed by atoms with Crippen LogP contribution in [0.15, 0.2) is 18.2 Å². The molecule has 1 fully saturated rings. The molecule has 6 nitrogen and oxygen atoms in total. The van der Waals surface area contributed by atoms with Crippen LogP contribution in [0.5, 0.6) is 0 Å². The highest BCUT2D eigenvalue weighted by molar-refractivity contribution is 6.08. The van der Waals surface area contributed by atoms with E-state index in [1.54, 1.807) is 0 Å². The van der Waals surface area contributed by atoms with Crippen molar-refractivity contribution >= 4 is 23.4 Å². The van der Waals surface area contributed by atoms with Crippen molar-refractivity contribution in [3.05, 3.63) is 29.6 Å². The van der Waals surface area contributed by atoms with Crippen LogP contribution in [0.4, 0.5) is 10.1 Å². The van der Waals surface area contributed by atoms with Crippen LogP contribution in [0, 0.1) is 5.82 Å². The second kappa shape index (κ2) is 5.28. The molecule has 1 saturated heterocycles. The Morgan fingerprint density at radius 1 is 1.45 bits per heavy atom. The molecule has 1 heterocycles. The minimum Gasteiger partial charge on any atom is -0.385 e. The molecule has 20 heavy (non-hydrogen) atoms. The van der Waals surface area contributed by atoms with Gasteiger partial charge in [0.25, 0.3) is 5.91 Å². The monoisotopic (exact) mass is 279 g/mol. The Morgan fingerprint density at radius 2 is 2.15 bits per heavy atom. The number of hydrogen-bond donors (Lipinski definition) is 2. The standard InChI is InChI=1S/C13H14FN3O3/c1-7-12(19)16-10(18)6-17(7)13(20)8-4-3-5-9(14)11(8)15-2/h3-5,7,15H,6H2,1-2H3,(H,16,18,19). The van der Waals surface area contributed by atoms with Crippen molar-refractivity contribution in [2.75, 3.05) is 18.9 Å². The molecule has 1 atom stereocenters. The number of nitrogens with zero attached hydrogens (tertiary/aromatic N) is 1. The number of hydrogen-bond acceptors (Lipinski definition) is 4. The number of imide groups is 1. The number of anilines is 1. The van der Waals surface area contributed by atoms with Gasteiger partial charge in [0.2, 0.25) is 11.8 Å². The third kappa shape index (κ3) is 2.34. The Hall–Kier alpha value is -2.44. The quantitative estimate of drug-likeness (QED) is 0.766. The van der Waals surface area contributed by atoms with E-state index < -0.39 is 29.6 Å². The molecule has 1 unspecified atom stereocenters. The van der Waals surface area contributed by atoms with Crippen LogP contribution in [0.25, 0.3) is 0 Å². The Labute approximate surface area is 114 Å². The molecule has 2 N–H and O–H groups in total. The minimum absolute atomic E-state index is 0.0446. The number of benzene rings is 1. The van der Waals surface area contributed by atoms with Gasteiger partial charge in [0.1, 0.15) is 18.4 Å². The third-order valence-corrected chi connectivity index (χ3v) is 3.18. The number of para-hydroxylation sites is 1. The van der Waals surface area contributed by atoms with Crippen LogP contribution in [-0.2, 0) is 9.59 Å². The van der Waals surface area contributed by atoms with Crippen molar-refractivity contribution in [1.29, 1.82) is 0 Å². The SMILES string of the molecule is CNc1c(F)cccc1C(=O)N1CC(=O)NC(=O)C1C. The van der Waals surface area contributed by atoms with E-state index in [2.05, 4.69) is 10.6 Å². The molecule has 0 spiro atoms. The fraction of sp³-hybridized carbons (Fsp3) is 0.308. The first-order valence-corrected chi connectivity index (χ1v) is 6.06. The molecule has 1 aromatic rings. The summed E-state index contributed by atoms with van der Waals surface area (Å²) >= 11 is 0. The van der Waals surface area contributed by atoms with Gasteiger partial charge in [-0.05, 0) is 19.1 Å². The fourth-order valence-corrected chi connectivity index (χ4v) is 2.07. The lowest BCUT2D eigenvalue weighted by atomic mass is 10.1. The maximum absolute atomic E-state index is 13.6. The maximum atomic E-state index is 13.6. The summed E-state index contributed by atoms with van der Waals surface area (Å²) in [6.07, 6.45) is 0. The van der Waals surface area contributed by atoms with Crippen LogP contribution in [0.1, 0.15) is 17.3 Å². The number of carbonyl (C=O) groups is 3. The van der Waals surface area contributed by atoms with Crippen molar-refractivity contribution in [1.82, 2.24) is 10.2 Å². The van der Waals surface area contributed by atoms with Crippen LogP contribution in [-0.4, -0.2) is 42.3 Å². The van der Waals surface area contributed by atoms with Crippen molar-refractivity contribution in [3.63, 3.8) is 0 Å². The summed E-state index contributed by atoms with van der Waals surface area (Å²) in [6.45, 7) is 1.28. The van der Waals surface area contributed by atoms with Gasteiger partial charge < -0.3 is 10.2 Å². The van der Waals surface area contributed by atoms with E-state index in [0.29, 0.717) is 0 Å². The lowest BCUT2D eigenvalue weighted by Gasteiger charge is -2.32. The van der Waals surface area contributed by atoms with E-state index in [1.165, 1.54) is 32.2 Å². The lowest BCUT2D eigenvalue weighted by molar-refractivity contribution is -0.138. The maximum Gasteiger partial charge on any atom is 0.257 e. The number of nitrogens with one attached hydrogen (secondary N) is 2. The summed E-state index contributed by atoms with van der Waals surface area (Å²) in [7, 11) is 1.49. The van der Waals surface area contributed by atoms with Crippen LogP contribution < -0.4 is 10.6 Å². The molecule has 0 aromatic heterocycles. The molecular weight excluding hydrogens is 265 g/mol. The Bertz CT molecular complexity index is 588. The predicted octanol–water partition coefficient (Wildman–Crippen LogP) is 0.354. The van der Waals surface area contributed by atoms with Gasteiger partial charge in [-0.3, -0.25) is 19.7 Å². The second-order valence-corrected chi connectivity index (χ2v) is 4.43. The van der Waals surface area contributed by atoms with Gasteiger partial charge in [-0.2, -0.15) is 0 Å². The highest BCUT2D eigenvalue weighted by Crippen LogP contribution is 2.22. The Kier molecular flexibility index (Phi) is 3.69. The van der Waals surface area contributed by atoms with Gasteiger partial charge in [0.15, 0.2) is 0 Å². The zero-order chi connectivity index (χ0) is 14.9. The molecule has 0 bridgehead atoms. The molecule has 3 amide bonds. The van der Waals surface area contributed by atoms with Crippen LogP contribution >= 0.6 is 0 Å². The zero-order valence-electron chi connectivity index (χ0n) is 11.1. The smallest absolute Gasteiger partial charge is 0.257 e. The number of halogens is 1. The fourth-order valence-electron chi connectivity index (χ4n) is 2.07. The number of amides is 3. The lowest BCUT2D eigenvalue weighted by Crippen LogP contribution is -2.58. The number of carbonyl (C=O) groups excluding carboxylic acids is 3. The van der Waals surface area contributed by atoms with E-state index >= 15 is 0 Å². The number of rotatable bonds is 2. The Morgan fingerprint density at radius 3 is 2.80 bits per heavy atom. The summed E-state index contributed by atoms with van der Waals surface area (Å²) in [5.74, 6) is -2.23. The third-order valence-electron chi connectivity index (χ3n) is 3.18. The molecule has 1 aromatic carbocycles. The topological polar surface area (TPSA) is 78.5 Å². The zero-order valence-corrected chi connectivity index (χ0v) is 11.1. The number of piperazine rings is 1. The van der Waals surface area contributed by atoms with Crippen molar-refractivity contribution in [3.8, 4) is 0 Å². The average molecular weight is 279 g/mol. The minimum atomic E-state index is -0.784. The molecule has 2 rings (SSSR count). The van der Waals surface area contributed by atoms with Gasteiger partial charge in [-0.15, -0.1) is 0 Å². The van der Waals surface area contributed by atoms with Crippen LogP contribution in [0.3, 0.4) is 0 Å². The van der Waals surface area contributed by atoms with Crippen LogP contribution in [0.2, 0.25) is 0 Å². The summed E-state index contributed by atoms with van der Waals surface area (Å²) in [4.78, 5) is 36.5. The molecule has 0 radical (unpaired) electrons. The van der Waals surface area contributed by atoms with Gasteiger partial charge in [-0.25, -0.2) is 4.39 Å². The van der Waals surface area contributed by atoms with Crippen molar-refractivity contribution in [2.45, 2.75) is 13.0 Å². The van der Waals surface area contributed by atoms with Crippen molar-refractivity contribution < 1.29 is 18.8 Å². The van der Waals surface area contributed by atoms with Gasteiger partial charge >= 0.3 is 0 Å². The highest BCUT2D eigenvalue weighted by atomic mass is 19.1. The highest BCUT2D eigenvalue weighted by Gasteiger charge is 2.34. The molecule has 0 saturated carbocycles. The summed E-state index contributed by atoms with van der Waals surface area (Å²) in [6, 6.07) is 3.29. The first-order chi connectivity index (χ1) is 9.45. The van der Waals surface area contributed by atoms with E-state index in [9.17, 15) is 18.8 Å².